The molecule has 1 N–H and O–H groups in total. The van der Waals surface area contributed by atoms with Crippen LogP contribution < -0.4 is 5.32 Å². The zero-order chi connectivity index (χ0) is 15.4. The number of hydrogen-bond acceptors (Lipinski definition) is 4. The van der Waals surface area contributed by atoms with Gasteiger partial charge in [0.1, 0.15) is 0 Å². The molecule has 1 aromatic rings. The summed E-state index contributed by atoms with van der Waals surface area (Å²) in [6.45, 7) is 3.60. The third-order valence-electron chi connectivity index (χ3n) is 4.58. The highest BCUT2D eigenvalue weighted by Gasteiger charge is 2.34. The molecule has 4 nitrogen and oxygen atoms in total. The van der Waals surface area contributed by atoms with Gasteiger partial charge in [-0.05, 0) is 44.3 Å². The van der Waals surface area contributed by atoms with Crippen molar-refractivity contribution in [3.05, 3.63) is 29.8 Å². The van der Waals surface area contributed by atoms with Crippen LogP contribution in [0.2, 0.25) is 0 Å². The fourth-order valence-corrected chi connectivity index (χ4v) is 3.96. The molecule has 2 aliphatic heterocycles. The van der Waals surface area contributed by atoms with Crippen LogP contribution in [0.25, 0.3) is 0 Å². The minimum Gasteiger partial charge on any atom is -0.378 e. The fourth-order valence-electron chi connectivity index (χ4n) is 3.37. The van der Waals surface area contributed by atoms with E-state index in [4.69, 9.17) is 4.74 Å². The number of amides is 1. The molecule has 2 atom stereocenters. The van der Waals surface area contributed by atoms with Gasteiger partial charge in [-0.25, -0.2) is 0 Å². The first-order chi connectivity index (χ1) is 10.8. The van der Waals surface area contributed by atoms with Crippen molar-refractivity contribution in [2.45, 2.75) is 36.2 Å². The molecule has 0 bridgehead atoms. The Morgan fingerprint density at radius 1 is 1.23 bits per heavy atom. The van der Waals surface area contributed by atoms with Crippen molar-refractivity contribution < 1.29 is 9.53 Å². The summed E-state index contributed by atoms with van der Waals surface area (Å²) in [5.41, 5.74) is 0.763. The average molecular weight is 320 g/mol. The third-order valence-corrected chi connectivity index (χ3v) is 5.37. The summed E-state index contributed by atoms with van der Waals surface area (Å²) in [5.74, 6) is 0.0162. The molecule has 120 valence electrons. The van der Waals surface area contributed by atoms with Gasteiger partial charge in [-0.2, -0.15) is 0 Å². The van der Waals surface area contributed by atoms with E-state index < -0.39 is 0 Å². The summed E-state index contributed by atoms with van der Waals surface area (Å²) in [5, 5.41) is 3.20. The summed E-state index contributed by atoms with van der Waals surface area (Å²) >= 11 is 1.61. The number of carbonyl (C=O) groups is 1. The lowest BCUT2D eigenvalue weighted by Gasteiger charge is -2.34. The van der Waals surface area contributed by atoms with Crippen LogP contribution in [0, 0.1) is 0 Å². The maximum atomic E-state index is 12.6. The molecule has 5 heteroatoms. The molecule has 2 saturated heterocycles. The Morgan fingerprint density at radius 3 is 2.77 bits per heavy atom. The largest absolute Gasteiger partial charge is 0.378 e. The van der Waals surface area contributed by atoms with E-state index in [2.05, 4.69) is 10.2 Å². The van der Waals surface area contributed by atoms with E-state index in [0.29, 0.717) is 12.6 Å². The molecule has 2 aliphatic rings. The van der Waals surface area contributed by atoms with Crippen molar-refractivity contribution >= 4 is 17.7 Å². The summed E-state index contributed by atoms with van der Waals surface area (Å²) in [6.07, 6.45) is 5.84. The van der Waals surface area contributed by atoms with E-state index in [1.54, 1.807) is 11.8 Å². The molecule has 3 rings (SSSR count). The average Bonchev–Trinajstić information content (AvgIpc) is 3.03. The first kappa shape index (κ1) is 15.8. The molecular weight excluding hydrogens is 296 g/mol. The number of thioether (sulfide) groups is 1. The van der Waals surface area contributed by atoms with Crippen LogP contribution in [-0.2, 0) is 4.74 Å². The van der Waals surface area contributed by atoms with Crippen molar-refractivity contribution in [1.29, 1.82) is 0 Å². The lowest BCUT2D eigenvalue weighted by atomic mass is 10.0. The molecule has 22 heavy (non-hydrogen) atoms. The first-order valence-corrected chi connectivity index (χ1v) is 9.28. The van der Waals surface area contributed by atoms with Crippen molar-refractivity contribution in [2.24, 2.45) is 0 Å². The first-order valence-electron chi connectivity index (χ1n) is 8.05. The Bertz CT molecular complexity index is 517. The van der Waals surface area contributed by atoms with Crippen molar-refractivity contribution in [2.75, 3.05) is 32.6 Å². The molecular formula is C17H24N2O2S. The Labute approximate surface area is 136 Å². The Hall–Kier alpha value is -1.04. The fraction of sp³-hybridized carbons (Fsp3) is 0.588. The second kappa shape index (κ2) is 7.49. The number of benzene rings is 1. The van der Waals surface area contributed by atoms with Crippen molar-refractivity contribution in [3.63, 3.8) is 0 Å². The highest BCUT2D eigenvalue weighted by atomic mass is 32.2. The number of nitrogens with zero attached hydrogens (tertiary/aromatic N) is 1. The smallest absolute Gasteiger partial charge is 0.252 e. The molecule has 2 heterocycles. The van der Waals surface area contributed by atoms with Crippen molar-refractivity contribution in [1.82, 2.24) is 10.2 Å². The lowest BCUT2D eigenvalue weighted by Crippen LogP contribution is -2.52. The highest BCUT2D eigenvalue weighted by Crippen LogP contribution is 2.22. The van der Waals surface area contributed by atoms with Crippen LogP contribution in [0.1, 0.15) is 29.6 Å². The van der Waals surface area contributed by atoms with E-state index in [1.807, 2.05) is 30.5 Å². The number of rotatable bonds is 4. The Morgan fingerprint density at radius 2 is 2.00 bits per heavy atom. The number of likely N-dealkylation sites (tertiary alicyclic amines) is 1. The number of hydrogen-bond donors (Lipinski definition) is 1. The van der Waals surface area contributed by atoms with Gasteiger partial charge in [0.15, 0.2) is 0 Å². The molecule has 0 aromatic heterocycles. The van der Waals surface area contributed by atoms with E-state index in [9.17, 15) is 4.79 Å². The number of piperidine rings is 1. The van der Waals surface area contributed by atoms with Crippen LogP contribution in [0.5, 0.6) is 0 Å². The predicted molar refractivity (Wildman–Crippen MR) is 89.5 cm³/mol. The third kappa shape index (κ3) is 3.47. The topological polar surface area (TPSA) is 41.6 Å². The zero-order valence-electron chi connectivity index (χ0n) is 13.1. The Balaban J connectivity index is 1.67. The van der Waals surface area contributed by atoms with E-state index in [1.165, 1.54) is 19.3 Å². The molecule has 0 aliphatic carbocycles. The van der Waals surface area contributed by atoms with Crippen LogP contribution in [0.3, 0.4) is 0 Å². The quantitative estimate of drug-likeness (QED) is 0.865. The van der Waals surface area contributed by atoms with Gasteiger partial charge < -0.3 is 10.1 Å². The van der Waals surface area contributed by atoms with Crippen LogP contribution >= 0.6 is 11.8 Å². The number of nitrogens with one attached hydrogen (secondary N) is 1. The van der Waals surface area contributed by atoms with Gasteiger partial charge in [-0.3, -0.25) is 9.69 Å². The van der Waals surface area contributed by atoms with Gasteiger partial charge >= 0.3 is 0 Å². The van der Waals surface area contributed by atoms with Gasteiger partial charge in [-0.15, -0.1) is 11.8 Å². The Kier molecular flexibility index (Phi) is 5.39. The van der Waals surface area contributed by atoms with Crippen LogP contribution in [-0.4, -0.2) is 55.4 Å². The predicted octanol–water partition coefficient (Wildman–Crippen LogP) is 2.39. The maximum absolute atomic E-state index is 12.6. The van der Waals surface area contributed by atoms with Crippen LogP contribution in [0.15, 0.2) is 29.2 Å². The highest BCUT2D eigenvalue weighted by molar-refractivity contribution is 7.98. The maximum Gasteiger partial charge on any atom is 0.252 e. The molecule has 0 saturated carbocycles. The van der Waals surface area contributed by atoms with Gasteiger partial charge in [-0.1, -0.05) is 18.6 Å². The molecule has 0 radical (unpaired) electrons. The van der Waals surface area contributed by atoms with E-state index in [-0.39, 0.29) is 11.9 Å². The molecule has 2 fully saturated rings. The minimum atomic E-state index is 0.0162. The second-order valence-corrected chi connectivity index (χ2v) is 6.83. The van der Waals surface area contributed by atoms with Gasteiger partial charge in [0.05, 0.1) is 30.9 Å². The second-order valence-electron chi connectivity index (χ2n) is 5.98. The van der Waals surface area contributed by atoms with E-state index >= 15 is 0 Å². The lowest BCUT2D eigenvalue weighted by molar-refractivity contribution is 0.0897. The summed E-state index contributed by atoms with van der Waals surface area (Å²) in [4.78, 5) is 16.1. The summed E-state index contributed by atoms with van der Waals surface area (Å²) in [6, 6.07) is 8.20. The van der Waals surface area contributed by atoms with Gasteiger partial charge in [0.25, 0.3) is 5.91 Å². The summed E-state index contributed by atoms with van der Waals surface area (Å²) in [7, 11) is 0. The minimum absolute atomic E-state index is 0.0162. The van der Waals surface area contributed by atoms with E-state index in [0.717, 1.165) is 30.2 Å². The molecule has 0 spiro atoms. The zero-order valence-corrected chi connectivity index (χ0v) is 13.9. The number of carbonyl (C=O) groups excluding carboxylic acids is 1. The van der Waals surface area contributed by atoms with Crippen molar-refractivity contribution in [3.8, 4) is 0 Å². The normalized spacial score (nSPS) is 26.0. The number of ether oxygens (including phenoxy) is 1. The monoisotopic (exact) mass is 320 g/mol. The molecule has 1 aromatic carbocycles. The van der Waals surface area contributed by atoms with Crippen LogP contribution in [0.4, 0.5) is 0 Å². The molecule has 1 amide bonds. The molecule has 0 unspecified atom stereocenters. The van der Waals surface area contributed by atoms with Gasteiger partial charge in [0, 0.05) is 4.90 Å². The standard InChI is InChI=1S/C17H24N2O2S/c1-22-16-8-4-3-7-13(16)17(20)18-14-11-21-12-15(14)19-9-5-2-6-10-19/h3-4,7-8,14-15H,2,5-6,9-12H2,1H3,(H,18,20)/t14-,15-/m0/s1. The SMILES string of the molecule is CSc1ccccc1C(=O)N[C@H]1COC[C@@H]1N1CCCCC1. The summed E-state index contributed by atoms with van der Waals surface area (Å²) < 4.78 is 5.65. The van der Waals surface area contributed by atoms with Gasteiger partial charge in [0.2, 0.25) is 0 Å².